The number of aromatic nitrogens is 2. The fourth-order valence-electron chi connectivity index (χ4n) is 2.31. The normalized spacial score (nSPS) is 10.8. The predicted octanol–water partition coefficient (Wildman–Crippen LogP) is 2.75. The van der Waals surface area contributed by atoms with Crippen LogP contribution in [0.1, 0.15) is 58.3 Å². The molecule has 0 aliphatic heterocycles. The van der Waals surface area contributed by atoms with E-state index in [0.717, 1.165) is 12.1 Å². The maximum atomic E-state index is 11.9. The van der Waals surface area contributed by atoms with Crippen LogP contribution in [0.5, 0.6) is 0 Å². The highest BCUT2D eigenvalue weighted by Gasteiger charge is 2.00. The molecule has 0 spiro atoms. The van der Waals surface area contributed by atoms with Crippen molar-refractivity contribution in [1.29, 1.82) is 0 Å². The topological polar surface area (TPSA) is 72.9 Å². The average molecular weight is 294 g/mol. The summed E-state index contributed by atoms with van der Waals surface area (Å²) in [5.74, 6) is 0. The van der Waals surface area contributed by atoms with Crippen LogP contribution in [-0.4, -0.2) is 22.9 Å². The summed E-state index contributed by atoms with van der Waals surface area (Å²) in [6.07, 6.45) is 11.8. The molecule has 0 aliphatic carbocycles. The molecule has 0 atom stereocenters. The van der Waals surface area contributed by atoms with Crippen molar-refractivity contribution in [3.05, 3.63) is 22.6 Å². The Hall–Kier alpha value is -1.36. The summed E-state index contributed by atoms with van der Waals surface area (Å²) in [4.78, 5) is 11.9. The van der Waals surface area contributed by atoms with Crippen molar-refractivity contribution in [2.45, 2.75) is 64.8 Å². The number of nitrogens with zero attached hydrogens (tertiary/aromatic N) is 2. The minimum atomic E-state index is -0.0417. The second-order valence-corrected chi connectivity index (χ2v) is 5.50. The first-order valence-electron chi connectivity index (χ1n) is 8.29. The lowest BCUT2D eigenvalue weighted by Gasteiger charge is -2.07. The summed E-state index contributed by atoms with van der Waals surface area (Å²) in [5, 5.41) is 7.25. The van der Waals surface area contributed by atoms with Crippen molar-refractivity contribution >= 4 is 5.69 Å². The van der Waals surface area contributed by atoms with E-state index in [1.807, 2.05) is 0 Å². The van der Waals surface area contributed by atoms with E-state index in [1.165, 1.54) is 44.9 Å². The van der Waals surface area contributed by atoms with Crippen LogP contribution in [-0.2, 0) is 6.54 Å². The highest BCUT2D eigenvalue weighted by molar-refractivity contribution is 5.38. The Balaban J connectivity index is 2.18. The quantitative estimate of drug-likeness (QED) is 0.581. The number of nitrogens with one attached hydrogen (secondary N) is 1. The van der Waals surface area contributed by atoms with Gasteiger partial charge >= 0.3 is 0 Å². The first kappa shape index (κ1) is 17.7. The highest BCUT2D eigenvalue weighted by atomic mass is 16.1. The Labute approximate surface area is 127 Å². The summed E-state index contributed by atoms with van der Waals surface area (Å²) in [6.45, 7) is 4.15. The smallest absolute Gasteiger partial charge is 0.268 e. The van der Waals surface area contributed by atoms with Gasteiger partial charge < -0.3 is 11.1 Å². The van der Waals surface area contributed by atoms with Gasteiger partial charge in [0.15, 0.2) is 0 Å². The maximum absolute atomic E-state index is 11.9. The SMILES string of the molecule is CCCCCCCCCCn1ncc(NCCN)cc1=O. The van der Waals surface area contributed by atoms with Crippen LogP contribution >= 0.6 is 0 Å². The van der Waals surface area contributed by atoms with Gasteiger partial charge in [-0.25, -0.2) is 4.68 Å². The van der Waals surface area contributed by atoms with Crippen molar-refractivity contribution in [3.63, 3.8) is 0 Å². The van der Waals surface area contributed by atoms with Crippen molar-refractivity contribution in [1.82, 2.24) is 9.78 Å². The van der Waals surface area contributed by atoms with Crippen LogP contribution in [0.25, 0.3) is 0 Å². The highest BCUT2D eigenvalue weighted by Crippen LogP contribution is 2.08. The Morgan fingerprint density at radius 3 is 2.43 bits per heavy atom. The van der Waals surface area contributed by atoms with Crippen molar-refractivity contribution in [2.75, 3.05) is 18.4 Å². The molecule has 5 heteroatoms. The minimum Gasteiger partial charge on any atom is -0.382 e. The van der Waals surface area contributed by atoms with Crippen LogP contribution in [0.15, 0.2) is 17.1 Å². The van der Waals surface area contributed by atoms with Crippen LogP contribution in [0.3, 0.4) is 0 Å². The fraction of sp³-hybridized carbons (Fsp3) is 0.750. The molecule has 0 saturated carbocycles. The van der Waals surface area contributed by atoms with Gasteiger partial charge in [-0.05, 0) is 6.42 Å². The summed E-state index contributed by atoms with van der Waals surface area (Å²) in [5.41, 5.74) is 6.12. The fourth-order valence-corrected chi connectivity index (χ4v) is 2.31. The minimum absolute atomic E-state index is 0.0417. The zero-order chi connectivity index (χ0) is 15.3. The second-order valence-electron chi connectivity index (χ2n) is 5.50. The molecule has 1 heterocycles. The molecule has 0 unspecified atom stereocenters. The maximum Gasteiger partial charge on any atom is 0.268 e. The molecule has 0 saturated heterocycles. The van der Waals surface area contributed by atoms with E-state index >= 15 is 0 Å². The van der Waals surface area contributed by atoms with Gasteiger partial charge in [-0.15, -0.1) is 0 Å². The van der Waals surface area contributed by atoms with E-state index in [4.69, 9.17) is 5.73 Å². The molecule has 5 nitrogen and oxygen atoms in total. The van der Waals surface area contributed by atoms with Gasteiger partial charge in [-0.2, -0.15) is 5.10 Å². The third kappa shape index (κ3) is 7.85. The molecule has 120 valence electrons. The van der Waals surface area contributed by atoms with Crippen LogP contribution in [0, 0.1) is 0 Å². The summed E-state index contributed by atoms with van der Waals surface area (Å²) < 4.78 is 1.55. The largest absolute Gasteiger partial charge is 0.382 e. The predicted molar refractivity (Wildman–Crippen MR) is 88.7 cm³/mol. The van der Waals surface area contributed by atoms with E-state index in [9.17, 15) is 4.79 Å². The third-order valence-electron chi connectivity index (χ3n) is 3.57. The van der Waals surface area contributed by atoms with E-state index in [-0.39, 0.29) is 5.56 Å². The molecule has 1 aromatic heterocycles. The number of aryl methyl sites for hydroxylation is 1. The molecule has 0 aliphatic rings. The molecule has 0 radical (unpaired) electrons. The first-order chi connectivity index (χ1) is 10.3. The third-order valence-corrected chi connectivity index (χ3v) is 3.57. The second kappa shape index (κ2) is 11.3. The lowest BCUT2D eigenvalue weighted by molar-refractivity contribution is 0.504. The van der Waals surface area contributed by atoms with Gasteiger partial charge in [0.25, 0.3) is 5.56 Å². The molecule has 3 N–H and O–H groups in total. The zero-order valence-corrected chi connectivity index (χ0v) is 13.3. The number of unbranched alkanes of at least 4 members (excludes halogenated alkanes) is 7. The number of rotatable bonds is 12. The lowest BCUT2D eigenvalue weighted by Crippen LogP contribution is -2.23. The van der Waals surface area contributed by atoms with E-state index in [2.05, 4.69) is 17.3 Å². The first-order valence-corrected chi connectivity index (χ1v) is 8.29. The number of hydrogen-bond acceptors (Lipinski definition) is 4. The van der Waals surface area contributed by atoms with Gasteiger partial charge in [0.1, 0.15) is 0 Å². The monoisotopic (exact) mass is 294 g/mol. The molecule has 0 aromatic carbocycles. The molecule has 0 fully saturated rings. The van der Waals surface area contributed by atoms with Crippen LogP contribution in [0.2, 0.25) is 0 Å². The van der Waals surface area contributed by atoms with Gasteiger partial charge in [0.2, 0.25) is 0 Å². The zero-order valence-electron chi connectivity index (χ0n) is 13.3. The molecular weight excluding hydrogens is 264 g/mol. The van der Waals surface area contributed by atoms with Crippen molar-refractivity contribution < 1.29 is 0 Å². The van der Waals surface area contributed by atoms with E-state index in [0.29, 0.717) is 19.6 Å². The number of anilines is 1. The van der Waals surface area contributed by atoms with Gasteiger partial charge in [-0.1, -0.05) is 51.9 Å². The van der Waals surface area contributed by atoms with E-state index < -0.39 is 0 Å². The van der Waals surface area contributed by atoms with Crippen LogP contribution in [0.4, 0.5) is 5.69 Å². The Morgan fingerprint density at radius 2 is 1.81 bits per heavy atom. The Bertz CT molecular complexity index is 431. The summed E-state index contributed by atoms with van der Waals surface area (Å²) in [7, 11) is 0. The van der Waals surface area contributed by atoms with Crippen molar-refractivity contribution in [2.24, 2.45) is 5.73 Å². The summed E-state index contributed by atoms with van der Waals surface area (Å²) >= 11 is 0. The van der Waals surface area contributed by atoms with Crippen molar-refractivity contribution in [3.8, 4) is 0 Å². The molecule has 0 amide bonds. The van der Waals surface area contributed by atoms with Gasteiger partial charge in [-0.3, -0.25) is 4.79 Å². The Kier molecular flexibility index (Phi) is 9.53. The standard InChI is InChI=1S/C16H30N4O/c1-2-3-4-5-6-7-8-9-12-20-16(21)13-15(14-19-20)18-11-10-17/h13-14,18H,2-12,17H2,1H3. The molecule has 21 heavy (non-hydrogen) atoms. The van der Waals surface area contributed by atoms with Crippen LogP contribution < -0.4 is 16.6 Å². The molecule has 1 aromatic rings. The molecule has 1 rings (SSSR count). The lowest BCUT2D eigenvalue weighted by atomic mass is 10.1. The number of hydrogen-bond donors (Lipinski definition) is 2. The average Bonchev–Trinajstić information content (AvgIpc) is 2.49. The van der Waals surface area contributed by atoms with Gasteiger partial charge in [0.05, 0.1) is 11.9 Å². The number of nitrogens with two attached hydrogens (primary N) is 1. The van der Waals surface area contributed by atoms with Gasteiger partial charge in [0, 0.05) is 25.7 Å². The Morgan fingerprint density at radius 1 is 1.14 bits per heavy atom. The molecule has 0 bridgehead atoms. The molecular formula is C16H30N4O. The summed E-state index contributed by atoms with van der Waals surface area (Å²) in [6, 6.07) is 1.59. The van der Waals surface area contributed by atoms with E-state index in [1.54, 1.807) is 16.9 Å².